The Balaban J connectivity index is 1.19. The maximum absolute atomic E-state index is 6.56. The fraction of sp³-hybridized carbons (Fsp3) is 0. The van der Waals surface area contributed by atoms with E-state index in [1.54, 1.807) is 0 Å². The molecule has 2 heterocycles. The van der Waals surface area contributed by atoms with Gasteiger partial charge in [0, 0.05) is 33.0 Å². The van der Waals surface area contributed by atoms with Gasteiger partial charge in [-0.3, -0.25) is 0 Å². The topological polar surface area (TPSA) is 38.9 Å². The van der Waals surface area contributed by atoms with Gasteiger partial charge in [0.15, 0.2) is 5.82 Å². The predicted octanol–water partition coefficient (Wildman–Crippen LogP) is 13.5. The van der Waals surface area contributed by atoms with Crippen LogP contribution in [0.15, 0.2) is 199 Å². The van der Waals surface area contributed by atoms with Crippen LogP contribution in [0.3, 0.4) is 0 Å². The first kappa shape index (κ1) is 30.7. The summed E-state index contributed by atoms with van der Waals surface area (Å²) in [5.41, 5.74) is 13.2. The smallest absolute Gasteiger partial charge is 0.160 e. The number of nitrogens with zero attached hydrogens (tertiary/aromatic N) is 2. The van der Waals surface area contributed by atoms with Gasteiger partial charge in [0.1, 0.15) is 11.2 Å². The molecule has 0 fully saturated rings. The summed E-state index contributed by atoms with van der Waals surface area (Å²) in [5.74, 6) is 0.688. The highest BCUT2D eigenvalue weighted by Gasteiger charge is 2.17. The van der Waals surface area contributed by atoms with Crippen molar-refractivity contribution in [1.29, 1.82) is 0 Å². The lowest BCUT2D eigenvalue weighted by molar-refractivity contribution is 0.670. The summed E-state index contributed by atoms with van der Waals surface area (Å²) in [6.07, 6.45) is 0. The Morgan fingerprint density at radius 2 is 0.868 bits per heavy atom. The lowest BCUT2D eigenvalue weighted by Gasteiger charge is -2.14. The van der Waals surface area contributed by atoms with Crippen molar-refractivity contribution in [3.8, 4) is 67.3 Å². The van der Waals surface area contributed by atoms with Crippen LogP contribution in [-0.2, 0) is 0 Å². The number of furan rings is 1. The predicted molar refractivity (Wildman–Crippen MR) is 219 cm³/mol. The fourth-order valence-electron chi connectivity index (χ4n) is 7.38. The van der Waals surface area contributed by atoms with Crippen LogP contribution in [0.25, 0.3) is 100.0 Å². The van der Waals surface area contributed by atoms with Crippen molar-refractivity contribution in [1.82, 2.24) is 9.97 Å². The number of rotatable bonds is 6. The van der Waals surface area contributed by atoms with Crippen molar-refractivity contribution in [2.24, 2.45) is 0 Å². The van der Waals surface area contributed by atoms with E-state index in [4.69, 9.17) is 14.4 Å². The third-order valence-electron chi connectivity index (χ3n) is 10.1. The number of benzene rings is 8. The second kappa shape index (κ2) is 12.9. The lowest BCUT2D eigenvalue weighted by atomic mass is 9.92. The van der Waals surface area contributed by atoms with E-state index in [1.807, 2.05) is 36.4 Å². The molecule has 0 amide bonds. The van der Waals surface area contributed by atoms with Gasteiger partial charge >= 0.3 is 0 Å². The molecule has 0 aliphatic carbocycles. The molecule has 0 N–H and O–H groups in total. The molecule has 0 atom stereocenters. The molecule has 0 aliphatic heterocycles. The van der Waals surface area contributed by atoms with E-state index >= 15 is 0 Å². The van der Waals surface area contributed by atoms with Gasteiger partial charge in [-0.2, -0.15) is 0 Å². The molecule has 10 aromatic rings. The first-order valence-electron chi connectivity index (χ1n) is 17.9. The standard InChI is InChI=1S/C50H32N2O/c1-4-13-33(14-5-1)36-23-24-38-28-39(26-25-37(38)27-36)40-29-41(43-20-12-21-45-44-19-10-11-22-48(44)53-49(43)45)31-42(30-40)47-32-46(34-15-6-2-7-16-34)51-50(52-47)35-17-8-3-9-18-35/h1-32H. The van der Waals surface area contributed by atoms with Crippen LogP contribution in [0.5, 0.6) is 0 Å². The van der Waals surface area contributed by atoms with Gasteiger partial charge in [0.05, 0.1) is 11.4 Å². The molecular formula is C50H32N2O. The van der Waals surface area contributed by atoms with E-state index < -0.39 is 0 Å². The Kier molecular flexibility index (Phi) is 7.47. The van der Waals surface area contributed by atoms with Crippen LogP contribution in [0.1, 0.15) is 0 Å². The second-order valence-corrected chi connectivity index (χ2v) is 13.4. The van der Waals surface area contributed by atoms with Crippen molar-refractivity contribution in [3.05, 3.63) is 194 Å². The molecular weight excluding hydrogens is 645 g/mol. The van der Waals surface area contributed by atoms with Crippen molar-refractivity contribution in [2.45, 2.75) is 0 Å². The summed E-state index contributed by atoms with van der Waals surface area (Å²) in [6, 6.07) is 68.1. The number of para-hydroxylation sites is 2. The monoisotopic (exact) mass is 676 g/mol. The molecule has 248 valence electrons. The van der Waals surface area contributed by atoms with Gasteiger partial charge in [0.25, 0.3) is 0 Å². The summed E-state index contributed by atoms with van der Waals surface area (Å²) < 4.78 is 6.56. The Morgan fingerprint density at radius 1 is 0.321 bits per heavy atom. The average Bonchev–Trinajstić information content (AvgIpc) is 3.63. The van der Waals surface area contributed by atoms with Gasteiger partial charge in [-0.25, -0.2) is 9.97 Å². The average molecular weight is 677 g/mol. The summed E-state index contributed by atoms with van der Waals surface area (Å²) >= 11 is 0. The van der Waals surface area contributed by atoms with Crippen molar-refractivity contribution >= 4 is 32.7 Å². The summed E-state index contributed by atoms with van der Waals surface area (Å²) in [4.78, 5) is 10.3. The lowest BCUT2D eigenvalue weighted by Crippen LogP contribution is -1.96. The molecule has 0 saturated carbocycles. The van der Waals surface area contributed by atoms with E-state index in [-0.39, 0.29) is 0 Å². The van der Waals surface area contributed by atoms with Crippen LogP contribution in [0.4, 0.5) is 0 Å². The largest absolute Gasteiger partial charge is 0.455 e. The third kappa shape index (κ3) is 5.75. The molecule has 8 aromatic carbocycles. The molecule has 0 unspecified atom stereocenters. The SMILES string of the molecule is c1ccc(-c2ccc3cc(-c4cc(-c5cc(-c6ccccc6)nc(-c6ccccc6)n5)cc(-c5cccc6c5oc5ccccc56)c4)ccc3c2)cc1. The molecule has 53 heavy (non-hydrogen) atoms. The van der Waals surface area contributed by atoms with Crippen LogP contribution in [-0.4, -0.2) is 9.97 Å². The van der Waals surface area contributed by atoms with Crippen LogP contribution >= 0.6 is 0 Å². The zero-order valence-corrected chi connectivity index (χ0v) is 28.8. The van der Waals surface area contributed by atoms with Gasteiger partial charge in [-0.1, -0.05) is 152 Å². The number of hydrogen-bond donors (Lipinski definition) is 0. The van der Waals surface area contributed by atoms with E-state index in [2.05, 4.69) is 158 Å². The maximum Gasteiger partial charge on any atom is 0.160 e. The zero-order valence-electron chi connectivity index (χ0n) is 28.8. The first-order chi connectivity index (χ1) is 26.2. The van der Waals surface area contributed by atoms with Crippen LogP contribution in [0, 0.1) is 0 Å². The fourth-order valence-corrected chi connectivity index (χ4v) is 7.38. The molecule has 0 saturated heterocycles. The molecule has 0 radical (unpaired) electrons. The Bertz CT molecular complexity index is 2870. The normalized spacial score (nSPS) is 11.4. The molecule has 0 spiro atoms. The zero-order chi connectivity index (χ0) is 35.1. The molecule has 3 nitrogen and oxygen atoms in total. The van der Waals surface area contributed by atoms with Gasteiger partial charge < -0.3 is 4.42 Å². The summed E-state index contributed by atoms with van der Waals surface area (Å²) in [5, 5.41) is 4.60. The van der Waals surface area contributed by atoms with Gasteiger partial charge in [-0.05, 0) is 81.1 Å². The van der Waals surface area contributed by atoms with E-state index in [9.17, 15) is 0 Å². The second-order valence-electron chi connectivity index (χ2n) is 13.4. The quantitative estimate of drug-likeness (QED) is 0.176. The molecule has 0 aliphatic rings. The minimum Gasteiger partial charge on any atom is -0.455 e. The summed E-state index contributed by atoms with van der Waals surface area (Å²) in [7, 11) is 0. The highest BCUT2D eigenvalue weighted by Crippen LogP contribution is 2.40. The van der Waals surface area contributed by atoms with Crippen LogP contribution in [0.2, 0.25) is 0 Å². The minimum atomic E-state index is 0.688. The van der Waals surface area contributed by atoms with Crippen molar-refractivity contribution in [3.63, 3.8) is 0 Å². The van der Waals surface area contributed by atoms with Gasteiger partial charge in [-0.15, -0.1) is 0 Å². The Hall–Kier alpha value is -7.10. The van der Waals surface area contributed by atoms with Crippen molar-refractivity contribution < 1.29 is 4.42 Å². The van der Waals surface area contributed by atoms with E-state index in [0.717, 1.165) is 72.3 Å². The Labute approximate surface area is 307 Å². The molecule has 0 bridgehead atoms. The Morgan fingerprint density at radius 3 is 1.58 bits per heavy atom. The van der Waals surface area contributed by atoms with Crippen LogP contribution < -0.4 is 0 Å². The van der Waals surface area contributed by atoms with Crippen molar-refractivity contribution in [2.75, 3.05) is 0 Å². The third-order valence-corrected chi connectivity index (χ3v) is 10.1. The maximum atomic E-state index is 6.56. The molecule has 10 rings (SSSR count). The molecule has 2 aromatic heterocycles. The summed E-state index contributed by atoms with van der Waals surface area (Å²) in [6.45, 7) is 0. The highest BCUT2D eigenvalue weighted by atomic mass is 16.3. The highest BCUT2D eigenvalue weighted by molar-refractivity contribution is 6.10. The van der Waals surface area contributed by atoms with E-state index in [1.165, 1.54) is 21.9 Å². The van der Waals surface area contributed by atoms with E-state index in [0.29, 0.717) is 5.82 Å². The number of aromatic nitrogens is 2. The molecule has 3 heteroatoms. The number of hydrogen-bond acceptors (Lipinski definition) is 3. The number of fused-ring (bicyclic) bond motifs is 4. The minimum absolute atomic E-state index is 0.688. The van der Waals surface area contributed by atoms with Gasteiger partial charge in [0.2, 0.25) is 0 Å². The first-order valence-corrected chi connectivity index (χ1v) is 17.9.